The summed E-state index contributed by atoms with van der Waals surface area (Å²) in [6, 6.07) is 9.34. The largest absolute Gasteiger partial charge is 0.508 e. The number of thiophene rings is 1. The van der Waals surface area contributed by atoms with E-state index in [1.807, 2.05) is 0 Å². The van der Waals surface area contributed by atoms with Crippen LogP contribution in [0, 0.1) is 0 Å². The van der Waals surface area contributed by atoms with Gasteiger partial charge in [-0.1, -0.05) is 6.07 Å². The van der Waals surface area contributed by atoms with Crippen molar-refractivity contribution in [2.45, 2.75) is 13.0 Å². The summed E-state index contributed by atoms with van der Waals surface area (Å²) in [5.41, 5.74) is 0.764. The maximum Gasteiger partial charge on any atom is 0.191 e. The Morgan fingerprint density at radius 1 is 1.30 bits per heavy atom. The normalized spacial score (nSPS) is 10.8. The van der Waals surface area contributed by atoms with Crippen LogP contribution in [0.3, 0.4) is 0 Å². The van der Waals surface area contributed by atoms with Crippen molar-refractivity contribution in [1.82, 2.24) is 10.6 Å². The lowest BCUT2D eigenvalue weighted by atomic mass is 10.2. The summed E-state index contributed by atoms with van der Waals surface area (Å²) in [5, 5.41) is 18.4. The second kappa shape index (κ2) is 10.3. The van der Waals surface area contributed by atoms with Crippen LogP contribution in [0.25, 0.3) is 0 Å². The fraction of sp³-hybridized carbons (Fsp3) is 0.312. The molecule has 2 aromatic rings. The molecule has 7 heteroatoms. The number of methoxy groups -OCH3 is 1. The first-order valence-electron chi connectivity index (χ1n) is 7.05. The summed E-state index contributed by atoms with van der Waals surface area (Å²) in [6.07, 6.45) is 0.961. The zero-order valence-corrected chi connectivity index (χ0v) is 16.4. The van der Waals surface area contributed by atoms with E-state index >= 15 is 0 Å². The molecule has 0 amide bonds. The first kappa shape index (κ1) is 19.6. The van der Waals surface area contributed by atoms with Crippen molar-refractivity contribution in [3.8, 4) is 11.5 Å². The van der Waals surface area contributed by atoms with Crippen molar-refractivity contribution >= 4 is 41.3 Å². The number of benzene rings is 1. The highest BCUT2D eigenvalue weighted by Gasteiger charge is 2.05. The second-order valence-electron chi connectivity index (χ2n) is 4.68. The second-order valence-corrected chi connectivity index (χ2v) is 5.71. The van der Waals surface area contributed by atoms with E-state index in [-0.39, 0.29) is 29.7 Å². The number of halogens is 1. The van der Waals surface area contributed by atoms with Gasteiger partial charge < -0.3 is 20.5 Å². The molecule has 0 aliphatic heterocycles. The van der Waals surface area contributed by atoms with Crippen LogP contribution in [0.4, 0.5) is 0 Å². The molecule has 0 bridgehead atoms. The molecule has 0 unspecified atom stereocenters. The molecule has 5 nitrogen and oxygen atoms in total. The van der Waals surface area contributed by atoms with E-state index in [1.165, 1.54) is 4.88 Å². The molecule has 0 saturated carbocycles. The maximum atomic E-state index is 9.86. The summed E-state index contributed by atoms with van der Waals surface area (Å²) < 4.78 is 5.17. The maximum absolute atomic E-state index is 9.86. The lowest BCUT2D eigenvalue weighted by Crippen LogP contribution is -2.37. The van der Waals surface area contributed by atoms with E-state index in [1.54, 1.807) is 43.7 Å². The van der Waals surface area contributed by atoms with E-state index in [2.05, 4.69) is 33.1 Å². The monoisotopic (exact) mass is 447 g/mol. The number of aliphatic imine (C=N–C) groups is 1. The summed E-state index contributed by atoms with van der Waals surface area (Å²) in [6.45, 7) is 1.28. The summed E-state index contributed by atoms with van der Waals surface area (Å²) in [5.74, 6) is 1.66. The number of rotatable bonds is 6. The SMILES string of the molecule is CN=C(NCCc1cccs1)NCc1cc(OC)ccc1O.I. The quantitative estimate of drug-likeness (QED) is 0.362. The van der Waals surface area contributed by atoms with Crippen LogP contribution in [0.1, 0.15) is 10.4 Å². The average Bonchev–Trinajstić information content (AvgIpc) is 3.05. The predicted molar refractivity (Wildman–Crippen MR) is 106 cm³/mol. The van der Waals surface area contributed by atoms with Crippen LogP contribution < -0.4 is 15.4 Å². The molecule has 0 fully saturated rings. The number of hydrogen-bond donors (Lipinski definition) is 3. The molecule has 2 rings (SSSR count). The topological polar surface area (TPSA) is 65.9 Å². The number of phenolic OH excluding ortho intramolecular Hbond substituents is 1. The Morgan fingerprint density at radius 3 is 2.78 bits per heavy atom. The van der Waals surface area contributed by atoms with Crippen molar-refractivity contribution in [2.75, 3.05) is 20.7 Å². The molecular weight excluding hydrogens is 425 g/mol. The van der Waals surface area contributed by atoms with E-state index in [0.29, 0.717) is 12.5 Å². The van der Waals surface area contributed by atoms with Gasteiger partial charge in [-0.2, -0.15) is 0 Å². The van der Waals surface area contributed by atoms with E-state index in [9.17, 15) is 5.11 Å². The Labute approximate surface area is 157 Å². The minimum Gasteiger partial charge on any atom is -0.508 e. The highest BCUT2D eigenvalue weighted by atomic mass is 127. The van der Waals surface area contributed by atoms with Crippen molar-refractivity contribution in [3.05, 3.63) is 46.2 Å². The third kappa shape index (κ3) is 6.26. The van der Waals surface area contributed by atoms with Gasteiger partial charge in [0.1, 0.15) is 11.5 Å². The van der Waals surface area contributed by atoms with Crippen molar-refractivity contribution < 1.29 is 9.84 Å². The van der Waals surface area contributed by atoms with E-state index in [0.717, 1.165) is 24.3 Å². The van der Waals surface area contributed by atoms with Crippen LogP contribution in [0.2, 0.25) is 0 Å². The van der Waals surface area contributed by atoms with Crippen LogP contribution >= 0.6 is 35.3 Å². The van der Waals surface area contributed by atoms with Crippen LogP contribution in [0.15, 0.2) is 40.7 Å². The molecule has 23 heavy (non-hydrogen) atoms. The molecule has 0 radical (unpaired) electrons. The number of ether oxygens (including phenoxy) is 1. The number of nitrogens with zero attached hydrogens (tertiary/aromatic N) is 1. The van der Waals surface area contributed by atoms with Crippen molar-refractivity contribution in [2.24, 2.45) is 4.99 Å². The van der Waals surface area contributed by atoms with Gasteiger partial charge in [-0.3, -0.25) is 4.99 Å². The van der Waals surface area contributed by atoms with Gasteiger partial charge in [-0.25, -0.2) is 0 Å². The first-order valence-corrected chi connectivity index (χ1v) is 7.93. The van der Waals surface area contributed by atoms with Crippen LogP contribution in [-0.2, 0) is 13.0 Å². The molecule has 0 atom stereocenters. The fourth-order valence-corrected chi connectivity index (χ4v) is 2.70. The molecule has 126 valence electrons. The molecular formula is C16H22IN3O2S. The van der Waals surface area contributed by atoms with E-state index in [4.69, 9.17) is 4.74 Å². The van der Waals surface area contributed by atoms with Gasteiger partial charge in [0.15, 0.2) is 5.96 Å². The number of phenols is 1. The summed E-state index contributed by atoms with van der Waals surface area (Å²) in [4.78, 5) is 5.52. The first-order chi connectivity index (χ1) is 10.7. The molecule has 0 spiro atoms. The Balaban J connectivity index is 0.00000264. The van der Waals surface area contributed by atoms with Crippen molar-refractivity contribution in [3.63, 3.8) is 0 Å². The molecule has 1 aromatic carbocycles. The Morgan fingerprint density at radius 2 is 2.13 bits per heavy atom. The zero-order chi connectivity index (χ0) is 15.8. The standard InChI is InChI=1S/C16H21N3O2S.HI/c1-17-16(18-8-7-14-4-3-9-22-14)19-11-12-10-13(21-2)5-6-15(12)20;/h3-6,9-10,20H,7-8,11H2,1-2H3,(H2,17,18,19);1H. The summed E-state index contributed by atoms with van der Waals surface area (Å²) >= 11 is 1.75. The van der Waals surface area contributed by atoms with E-state index < -0.39 is 0 Å². The number of nitrogens with one attached hydrogen (secondary N) is 2. The minimum atomic E-state index is 0. The van der Waals surface area contributed by atoms with Crippen molar-refractivity contribution in [1.29, 1.82) is 0 Å². The van der Waals surface area contributed by atoms with Crippen LogP contribution in [-0.4, -0.2) is 31.8 Å². The van der Waals surface area contributed by atoms with Gasteiger partial charge in [0.2, 0.25) is 0 Å². The minimum absolute atomic E-state index is 0. The number of hydrogen-bond acceptors (Lipinski definition) is 4. The lowest BCUT2D eigenvalue weighted by Gasteiger charge is -2.13. The smallest absolute Gasteiger partial charge is 0.191 e. The molecule has 0 saturated heterocycles. The lowest BCUT2D eigenvalue weighted by molar-refractivity contribution is 0.410. The predicted octanol–water partition coefficient (Wildman–Crippen LogP) is 2.99. The van der Waals surface area contributed by atoms with Gasteiger partial charge >= 0.3 is 0 Å². The highest BCUT2D eigenvalue weighted by Crippen LogP contribution is 2.22. The Hall–Kier alpha value is -1.48. The van der Waals surface area contributed by atoms with Gasteiger partial charge in [-0.15, -0.1) is 35.3 Å². The van der Waals surface area contributed by atoms with Crippen LogP contribution in [0.5, 0.6) is 11.5 Å². The van der Waals surface area contributed by atoms with Gasteiger partial charge in [0.25, 0.3) is 0 Å². The Kier molecular flexibility index (Phi) is 8.78. The molecule has 1 aromatic heterocycles. The molecule has 0 aliphatic rings. The number of aromatic hydroxyl groups is 1. The highest BCUT2D eigenvalue weighted by molar-refractivity contribution is 14.0. The number of guanidine groups is 1. The molecule has 1 heterocycles. The summed E-state index contributed by atoms with van der Waals surface area (Å²) in [7, 11) is 3.33. The molecule has 3 N–H and O–H groups in total. The fourth-order valence-electron chi connectivity index (χ4n) is 1.99. The van der Waals surface area contributed by atoms with Gasteiger partial charge in [0, 0.05) is 30.6 Å². The molecule has 0 aliphatic carbocycles. The van der Waals surface area contributed by atoms with Gasteiger partial charge in [-0.05, 0) is 36.1 Å². The van der Waals surface area contributed by atoms with Gasteiger partial charge in [0.05, 0.1) is 7.11 Å². The average molecular weight is 447 g/mol. The Bertz CT molecular complexity index is 618. The third-order valence-electron chi connectivity index (χ3n) is 3.20. The zero-order valence-electron chi connectivity index (χ0n) is 13.2. The third-order valence-corrected chi connectivity index (χ3v) is 4.14.